The molecule has 0 bridgehead atoms. The van der Waals surface area contributed by atoms with E-state index in [9.17, 15) is 19.2 Å². The second-order valence-electron chi connectivity index (χ2n) is 4.36. The van der Waals surface area contributed by atoms with Gasteiger partial charge >= 0.3 is 0 Å². The number of carbonyl (C=O) groups excluding carboxylic acids is 4. The number of allylic oxidation sites excluding steroid dienone is 1. The fourth-order valence-electron chi connectivity index (χ4n) is 2.53. The Morgan fingerprint density at radius 2 is 1.58 bits per heavy atom. The zero-order chi connectivity index (χ0) is 14.2. The van der Waals surface area contributed by atoms with E-state index in [0.717, 1.165) is 10.0 Å². The van der Waals surface area contributed by atoms with Crippen LogP contribution in [0.3, 0.4) is 0 Å². The van der Waals surface area contributed by atoms with Crippen LogP contribution in [0.25, 0.3) is 0 Å². The van der Waals surface area contributed by atoms with E-state index in [1.54, 1.807) is 0 Å². The molecule has 1 aliphatic carbocycles. The summed E-state index contributed by atoms with van der Waals surface area (Å²) in [6.07, 6.45) is 1.24. The van der Waals surface area contributed by atoms with Gasteiger partial charge in [0, 0.05) is 12.0 Å². The van der Waals surface area contributed by atoms with E-state index < -0.39 is 11.8 Å². The molecule has 1 saturated heterocycles. The van der Waals surface area contributed by atoms with Crippen LogP contribution in [0, 0.1) is 0 Å². The number of hydrazine groups is 1. The molecule has 0 atom stereocenters. The van der Waals surface area contributed by atoms with E-state index in [4.69, 9.17) is 0 Å². The van der Waals surface area contributed by atoms with Crippen molar-refractivity contribution < 1.29 is 19.2 Å². The molecule has 19 heavy (non-hydrogen) atoms. The molecule has 0 aromatic rings. The van der Waals surface area contributed by atoms with Crippen molar-refractivity contribution in [3.05, 3.63) is 11.3 Å². The number of carbonyl (C=O) groups is 4. The zero-order valence-electron chi connectivity index (χ0n) is 11.1. The lowest BCUT2D eigenvalue weighted by atomic mass is 9.90. The van der Waals surface area contributed by atoms with Gasteiger partial charge in [-0.3, -0.25) is 19.2 Å². The molecule has 2 heterocycles. The maximum absolute atomic E-state index is 11.8. The summed E-state index contributed by atoms with van der Waals surface area (Å²) >= 11 is 0. The Balaban J connectivity index is 0.000000637. The van der Waals surface area contributed by atoms with Crippen LogP contribution in [-0.2, 0) is 19.2 Å². The number of rotatable bonds is 0. The minimum atomic E-state index is -0.412. The predicted molar refractivity (Wildman–Crippen MR) is 65.4 cm³/mol. The molecule has 3 rings (SSSR count). The van der Waals surface area contributed by atoms with Crippen molar-refractivity contribution >= 4 is 23.4 Å². The number of amides is 2. The fourth-order valence-corrected chi connectivity index (χ4v) is 2.53. The highest BCUT2D eigenvalue weighted by Gasteiger charge is 2.46. The van der Waals surface area contributed by atoms with Gasteiger partial charge in [-0.2, -0.15) is 0 Å². The van der Waals surface area contributed by atoms with Crippen LogP contribution in [0.4, 0.5) is 0 Å². The summed E-state index contributed by atoms with van der Waals surface area (Å²) in [6, 6.07) is 0. The Labute approximate surface area is 111 Å². The summed E-state index contributed by atoms with van der Waals surface area (Å²) in [7, 11) is 0. The van der Waals surface area contributed by atoms with Crippen molar-refractivity contribution in [2.45, 2.75) is 39.5 Å². The fraction of sp³-hybridized carbons (Fsp3) is 0.538. The lowest BCUT2D eigenvalue weighted by molar-refractivity contribution is -0.150. The van der Waals surface area contributed by atoms with Crippen molar-refractivity contribution in [2.24, 2.45) is 0 Å². The van der Waals surface area contributed by atoms with Gasteiger partial charge in [-0.1, -0.05) is 13.8 Å². The molecular formula is C13H16N2O4. The van der Waals surface area contributed by atoms with E-state index in [1.165, 1.54) is 0 Å². The molecular weight excluding hydrogens is 248 g/mol. The first kappa shape index (κ1) is 13.5. The molecule has 2 amide bonds. The number of hydrogen-bond acceptors (Lipinski definition) is 4. The van der Waals surface area contributed by atoms with Gasteiger partial charge in [0.25, 0.3) is 11.8 Å². The number of hydrogen-bond donors (Lipinski definition) is 0. The molecule has 2 aliphatic heterocycles. The highest BCUT2D eigenvalue weighted by Crippen LogP contribution is 2.33. The standard InChI is InChI=1S/C11H10N2O4.C2H6/c14-7-3-1-2-6-8(15)5-12-9(16)4-10(17)13(12)11(6)7;1-2/h1-5H2;1-2H3. The zero-order valence-corrected chi connectivity index (χ0v) is 11.1. The van der Waals surface area contributed by atoms with E-state index in [2.05, 4.69) is 0 Å². The lowest BCUT2D eigenvalue weighted by Gasteiger charge is -2.36. The normalized spacial score (nSPS) is 22.2. The number of ketones is 2. The van der Waals surface area contributed by atoms with Crippen LogP contribution in [0.5, 0.6) is 0 Å². The smallest absolute Gasteiger partial charge is 0.255 e. The van der Waals surface area contributed by atoms with E-state index >= 15 is 0 Å². The first-order valence-electron chi connectivity index (χ1n) is 6.52. The summed E-state index contributed by atoms with van der Waals surface area (Å²) in [5.41, 5.74) is 0.559. The lowest BCUT2D eigenvalue weighted by Crippen LogP contribution is -2.50. The Morgan fingerprint density at radius 3 is 2.26 bits per heavy atom. The maximum Gasteiger partial charge on any atom is 0.255 e. The highest BCUT2D eigenvalue weighted by molar-refractivity contribution is 6.16. The summed E-state index contributed by atoms with van der Waals surface area (Å²) in [5, 5.41) is 2.20. The van der Waals surface area contributed by atoms with Crippen LogP contribution in [0.2, 0.25) is 0 Å². The quantitative estimate of drug-likeness (QED) is 0.600. The molecule has 0 radical (unpaired) electrons. The summed E-state index contributed by atoms with van der Waals surface area (Å²) in [6.45, 7) is 3.89. The van der Waals surface area contributed by atoms with Gasteiger partial charge in [-0.15, -0.1) is 0 Å². The van der Waals surface area contributed by atoms with Crippen molar-refractivity contribution in [3.63, 3.8) is 0 Å². The Kier molecular flexibility index (Phi) is 3.50. The molecule has 102 valence electrons. The average Bonchev–Trinajstić information content (AvgIpc) is 2.68. The molecule has 0 N–H and O–H groups in total. The Bertz CT molecular complexity index is 507. The van der Waals surface area contributed by atoms with Crippen molar-refractivity contribution in [2.75, 3.05) is 6.54 Å². The number of Topliss-reactive ketones (excluding diaryl/α,β-unsaturated/α-hetero) is 2. The average molecular weight is 264 g/mol. The third-order valence-corrected chi connectivity index (χ3v) is 3.29. The van der Waals surface area contributed by atoms with E-state index in [-0.39, 0.29) is 30.2 Å². The second kappa shape index (κ2) is 4.95. The van der Waals surface area contributed by atoms with Crippen molar-refractivity contribution in [1.82, 2.24) is 10.0 Å². The van der Waals surface area contributed by atoms with E-state index in [0.29, 0.717) is 24.8 Å². The minimum absolute atomic E-state index is 0.114. The molecule has 1 fully saturated rings. The SMILES string of the molecule is CC.O=C1CN2C(=O)CC(=O)N2C2=C1CCCC2=O. The molecule has 0 spiro atoms. The van der Waals surface area contributed by atoms with E-state index in [1.807, 2.05) is 13.8 Å². The third kappa shape index (κ3) is 1.97. The van der Waals surface area contributed by atoms with Gasteiger partial charge in [0.05, 0.1) is 0 Å². The molecule has 3 aliphatic rings. The Hall–Kier alpha value is -1.98. The van der Waals surface area contributed by atoms with Gasteiger partial charge < -0.3 is 0 Å². The van der Waals surface area contributed by atoms with Crippen molar-refractivity contribution in [3.8, 4) is 0 Å². The number of nitrogens with zero attached hydrogens (tertiary/aromatic N) is 2. The van der Waals surface area contributed by atoms with Gasteiger partial charge in [-0.25, -0.2) is 10.0 Å². The molecule has 6 heteroatoms. The predicted octanol–water partition coefficient (Wildman–Crippen LogP) is 0.578. The molecule has 0 unspecified atom stereocenters. The Morgan fingerprint density at radius 1 is 0.895 bits per heavy atom. The van der Waals surface area contributed by atoms with Crippen LogP contribution in [0.1, 0.15) is 39.5 Å². The van der Waals surface area contributed by atoms with Gasteiger partial charge in [0.1, 0.15) is 18.7 Å². The van der Waals surface area contributed by atoms with Gasteiger partial charge in [0.15, 0.2) is 11.6 Å². The molecule has 0 aromatic heterocycles. The number of fused-ring (bicyclic) bond motifs is 2. The van der Waals surface area contributed by atoms with Crippen LogP contribution in [-0.4, -0.2) is 39.9 Å². The highest BCUT2D eigenvalue weighted by atomic mass is 16.2. The maximum atomic E-state index is 11.8. The minimum Gasteiger partial charge on any atom is -0.292 e. The van der Waals surface area contributed by atoms with Crippen molar-refractivity contribution in [1.29, 1.82) is 0 Å². The molecule has 0 aromatic carbocycles. The molecule has 6 nitrogen and oxygen atoms in total. The first-order chi connectivity index (χ1) is 9.09. The summed E-state index contributed by atoms with van der Waals surface area (Å²) in [4.78, 5) is 46.9. The van der Waals surface area contributed by atoms with Crippen LogP contribution in [0.15, 0.2) is 11.3 Å². The van der Waals surface area contributed by atoms with Crippen LogP contribution >= 0.6 is 0 Å². The third-order valence-electron chi connectivity index (χ3n) is 3.29. The second-order valence-corrected chi connectivity index (χ2v) is 4.36. The summed E-state index contributed by atoms with van der Waals surface area (Å²) in [5.74, 6) is -1.25. The molecule has 0 saturated carbocycles. The largest absolute Gasteiger partial charge is 0.292 e. The monoisotopic (exact) mass is 264 g/mol. The van der Waals surface area contributed by atoms with Crippen LogP contribution < -0.4 is 0 Å². The summed E-state index contributed by atoms with van der Waals surface area (Å²) < 4.78 is 0. The topological polar surface area (TPSA) is 74.8 Å². The van der Waals surface area contributed by atoms with Gasteiger partial charge in [-0.05, 0) is 12.8 Å². The van der Waals surface area contributed by atoms with Gasteiger partial charge in [0.2, 0.25) is 0 Å². The first-order valence-corrected chi connectivity index (χ1v) is 6.52.